The summed E-state index contributed by atoms with van der Waals surface area (Å²) in [7, 11) is 0. The summed E-state index contributed by atoms with van der Waals surface area (Å²) in [6, 6.07) is -0.0722. The molecular formula is C12H23N5O. The molecule has 1 rings (SSSR count). The zero-order valence-electron chi connectivity index (χ0n) is 11.7. The van der Waals surface area contributed by atoms with Crippen LogP contribution in [0.5, 0.6) is 0 Å². The zero-order chi connectivity index (χ0) is 13.9. The number of aliphatic hydroxyl groups is 1. The van der Waals surface area contributed by atoms with E-state index >= 15 is 0 Å². The maximum atomic E-state index is 9.10. The summed E-state index contributed by atoms with van der Waals surface area (Å²) in [5, 5.41) is 12.2. The Bertz CT molecular complexity index is 414. The number of rotatable bonds is 4. The van der Waals surface area contributed by atoms with Crippen molar-refractivity contribution in [1.29, 1.82) is 0 Å². The Hall–Kier alpha value is -1.40. The number of aromatic nitrogens is 2. The van der Waals surface area contributed by atoms with E-state index in [1.165, 1.54) is 0 Å². The van der Waals surface area contributed by atoms with Gasteiger partial charge in [-0.3, -0.25) is 0 Å². The quantitative estimate of drug-likeness (QED) is 0.475. The first-order valence-electron chi connectivity index (χ1n) is 6.02. The fourth-order valence-corrected chi connectivity index (χ4v) is 1.41. The Morgan fingerprint density at radius 3 is 2.28 bits per heavy atom. The summed E-state index contributed by atoms with van der Waals surface area (Å²) in [4.78, 5) is 8.92. The molecule has 0 radical (unpaired) electrons. The Morgan fingerprint density at radius 2 is 1.83 bits per heavy atom. The van der Waals surface area contributed by atoms with Gasteiger partial charge in [-0.2, -0.15) is 0 Å². The van der Waals surface area contributed by atoms with Gasteiger partial charge < -0.3 is 15.8 Å². The highest BCUT2D eigenvalue weighted by atomic mass is 16.3. The van der Waals surface area contributed by atoms with Crippen molar-refractivity contribution >= 4 is 11.6 Å². The smallest absolute Gasteiger partial charge is 0.148 e. The van der Waals surface area contributed by atoms with Crippen molar-refractivity contribution in [2.24, 2.45) is 5.84 Å². The van der Waals surface area contributed by atoms with Crippen LogP contribution in [-0.4, -0.2) is 27.7 Å². The van der Waals surface area contributed by atoms with Crippen LogP contribution in [0.2, 0.25) is 0 Å². The number of nitrogen functional groups attached to an aromatic ring is 1. The maximum Gasteiger partial charge on any atom is 0.148 e. The number of hydrazine groups is 1. The fraction of sp³-hybridized carbons (Fsp3) is 0.667. The van der Waals surface area contributed by atoms with Gasteiger partial charge in [0.25, 0.3) is 0 Å². The molecule has 6 heteroatoms. The van der Waals surface area contributed by atoms with Gasteiger partial charge in [-0.25, -0.2) is 15.8 Å². The molecule has 1 aromatic heterocycles. The molecular weight excluding hydrogens is 230 g/mol. The molecule has 0 saturated heterocycles. The lowest BCUT2D eigenvalue weighted by Crippen LogP contribution is -2.25. The van der Waals surface area contributed by atoms with E-state index in [-0.39, 0.29) is 18.1 Å². The molecule has 0 fully saturated rings. The van der Waals surface area contributed by atoms with Crippen molar-refractivity contribution in [3.05, 3.63) is 11.4 Å². The fourth-order valence-electron chi connectivity index (χ4n) is 1.41. The Morgan fingerprint density at radius 1 is 1.28 bits per heavy atom. The Labute approximate surface area is 108 Å². The molecule has 1 aromatic rings. The first-order chi connectivity index (χ1) is 8.29. The molecule has 1 heterocycles. The predicted octanol–water partition coefficient (Wildman–Crippen LogP) is 1.16. The SMILES string of the molecule is Cc1c(NN)nc(C(C)(C)C)nc1NC(C)CO. The van der Waals surface area contributed by atoms with Crippen molar-refractivity contribution in [3.63, 3.8) is 0 Å². The van der Waals surface area contributed by atoms with Gasteiger partial charge in [-0.1, -0.05) is 20.8 Å². The molecule has 5 N–H and O–H groups in total. The molecule has 0 aliphatic heterocycles. The second kappa shape index (κ2) is 5.49. The molecule has 0 saturated carbocycles. The minimum Gasteiger partial charge on any atom is -0.394 e. The van der Waals surface area contributed by atoms with Crippen LogP contribution in [0.4, 0.5) is 11.6 Å². The van der Waals surface area contributed by atoms with Crippen LogP contribution < -0.4 is 16.6 Å². The lowest BCUT2D eigenvalue weighted by Gasteiger charge is -2.22. The van der Waals surface area contributed by atoms with Crippen LogP contribution >= 0.6 is 0 Å². The standard InChI is InChI=1S/C12H23N5O/c1-7(6-18)14-9-8(2)10(17-13)16-11(15-9)12(3,4)5/h7,18H,6,13H2,1-5H3,(H2,14,15,16,17). The van der Waals surface area contributed by atoms with Gasteiger partial charge >= 0.3 is 0 Å². The molecule has 0 aromatic carbocycles. The summed E-state index contributed by atoms with van der Waals surface area (Å²) in [6.45, 7) is 9.92. The van der Waals surface area contributed by atoms with Gasteiger partial charge in [0.2, 0.25) is 0 Å². The van der Waals surface area contributed by atoms with Gasteiger partial charge in [0.1, 0.15) is 17.5 Å². The number of anilines is 2. The van der Waals surface area contributed by atoms with E-state index in [4.69, 9.17) is 10.9 Å². The molecule has 0 aliphatic carbocycles. The summed E-state index contributed by atoms with van der Waals surface area (Å²) in [5.74, 6) is 7.48. The lowest BCUT2D eigenvalue weighted by atomic mass is 9.95. The van der Waals surface area contributed by atoms with Crippen molar-refractivity contribution in [3.8, 4) is 0 Å². The van der Waals surface area contributed by atoms with Crippen molar-refractivity contribution in [2.45, 2.75) is 46.1 Å². The minimum atomic E-state index is -0.168. The molecule has 18 heavy (non-hydrogen) atoms. The number of nitrogens with zero attached hydrogens (tertiary/aromatic N) is 2. The van der Waals surface area contributed by atoms with Gasteiger partial charge in [-0.15, -0.1) is 0 Å². The lowest BCUT2D eigenvalue weighted by molar-refractivity contribution is 0.281. The third-order valence-electron chi connectivity index (χ3n) is 2.61. The number of nitrogens with two attached hydrogens (primary N) is 1. The molecule has 6 nitrogen and oxygen atoms in total. The molecule has 0 spiro atoms. The molecule has 0 bridgehead atoms. The van der Waals surface area contributed by atoms with Crippen LogP contribution in [-0.2, 0) is 5.41 Å². The van der Waals surface area contributed by atoms with Gasteiger partial charge in [0, 0.05) is 17.0 Å². The van der Waals surface area contributed by atoms with Crippen LogP contribution in [0, 0.1) is 6.92 Å². The third-order valence-corrected chi connectivity index (χ3v) is 2.61. The highest BCUT2D eigenvalue weighted by Crippen LogP contribution is 2.26. The number of hydrogen-bond acceptors (Lipinski definition) is 6. The average Bonchev–Trinajstić information content (AvgIpc) is 2.30. The topological polar surface area (TPSA) is 96.1 Å². The second-order valence-electron chi connectivity index (χ2n) is 5.49. The largest absolute Gasteiger partial charge is 0.394 e. The van der Waals surface area contributed by atoms with E-state index in [2.05, 4.69) is 20.7 Å². The second-order valence-corrected chi connectivity index (χ2v) is 5.49. The van der Waals surface area contributed by atoms with Crippen LogP contribution in [0.15, 0.2) is 0 Å². The zero-order valence-corrected chi connectivity index (χ0v) is 11.7. The highest BCUT2D eigenvalue weighted by Gasteiger charge is 2.21. The van der Waals surface area contributed by atoms with E-state index in [9.17, 15) is 0 Å². The van der Waals surface area contributed by atoms with E-state index in [0.717, 1.165) is 5.56 Å². The van der Waals surface area contributed by atoms with Gasteiger partial charge in [0.05, 0.1) is 6.61 Å². The van der Waals surface area contributed by atoms with Crippen LogP contribution in [0.25, 0.3) is 0 Å². The first-order valence-corrected chi connectivity index (χ1v) is 6.02. The molecule has 0 aliphatic rings. The average molecular weight is 253 g/mol. The molecule has 1 unspecified atom stereocenters. The van der Waals surface area contributed by atoms with E-state index < -0.39 is 0 Å². The Balaban J connectivity index is 3.23. The Kier molecular flexibility index (Phi) is 4.48. The predicted molar refractivity (Wildman–Crippen MR) is 73.4 cm³/mol. The normalized spacial score (nSPS) is 13.3. The van der Waals surface area contributed by atoms with E-state index in [1.807, 2.05) is 34.6 Å². The number of aliphatic hydroxyl groups excluding tert-OH is 1. The number of hydrogen-bond donors (Lipinski definition) is 4. The van der Waals surface area contributed by atoms with Crippen molar-refractivity contribution < 1.29 is 5.11 Å². The first kappa shape index (κ1) is 14.7. The highest BCUT2D eigenvalue weighted by molar-refractivity contribution is 5.57. The van der Waals surface area contributed by atoms with Gasteiger partial charge in [0.15, 0.2) is 0 Å². The third kappa shape index (κ3) is 3.30. The van der Waals surface area contributed by atoms with E-state index in [0.29, 0.717) is 17.5 Å². The van der Waals surface area contributed by atoms with Crippen LogP contribution in [0.1, 0.15) is 39.1 Å². The maximum absolute atomic E-state index is 9.10. The van der Waals surface area contributed by atoms with Gasteiger partial charge in [-0.05, 0) is 13.8 Å². The molecule has 102 valence electrons. The molecule has 0 amide bonds. The van der Waals surface area contributed by atoms with E-state index in [1.54, 1.807) is 0 Å². The summed E-state index contributed by atoms with van der Waals surface area (Å²) in [5.41, 5.74) is 3.26. The monoisotopic (exact) mass is 253 g/mol. The summed E-state index contributed by atoms with van der Waals surface area (Å²) >= 11 is 0. The minimum absolute atomic E-state index is 0.0414. The molecule has 1 atom stereocenters. The number of nitrogens with one attached hydrogen (secondary N) is 2. The summed E-state index contributed by atoms with van der Waals surface area (Å²) < 4.78 is 0. The van der Waals surface area contributed by atoms with Crippen molar-refractivity contribution in [1.82, 2.24) is 9.97 Å². The van der Waals surface area contributed by atoms with Crippen molar-refractivity contribution in [2.75, 3.05) is 17.3 Å². The summed E-state index contributed by atoms with van der Waals surface area (Å²) in [6.07, 6.45) is 0. The van der Waals surface area contributed by atoms with Crippen LogP contribution in [0.3, 0.4) is 0 Å².